The number of aliphatic imine (C=N–C) groups is 1. The molecule has 1 spiro atoms. The molecule has 0 aromatic carbocycles. The van der Waals surface area contributed by atoms with E-state index in [1.165, 1.54) is 25.7 Å². The van der Waals surface area contributed by atoms with Gasteiger partial charge in [-0.25, -0.2) is 0 Å². The van der Waals surface area contributed by atoms with E-state index in [0.29, 0.717) is 12.0 Å². The molecular formula is C13H23N3OS. The van der Waals surface area contributed by atoms with Crippen LogP contribution in [-0.4, -0.2) is 36.0 Å². The number of carbonyl (C=O) groups excluding carboxylic acids is 1. The van der Waals surface area contributed by atoms with Gasteiger partial charge in [-0.15, -0.1) is 0 Å². The van der Waals surface area contributed by atoms with Gasteiger partial charge in [0.15, 0.2) is 5.17 Å². The van der Waals surface area contributed by atoms with Crippen LogP contribution in [0.2, 0.25) is 0 Å². The number of carbonyl (C=O) groups is 1. The van der Waals surface area contributed by atoms with E-state index >= 15 is 0 Å². The van der Waals surface area contributed by atoms with Gasteiger partial charge in [0.1, 0.15) is 6.04 Å². The summed E-state index contributed by atoms with van der Waals surface area (Å²) in [5, 5.41) is 6.96. The minimum absolute atomic E-state index is 0.0435. The molecule has 4 nitrogen and oxygen atoms in total. The second-order valence-electron chi connectivity index (χ2n) is 5.38. The van der Waals surface area contributed by atoms with E-state index in [4.69, 9.17) is 0 Å². The smallest absolute Gasteiger partial charge is 0.242 e. The molecule has 2 aliphatic rings. The third-order valence-corrected chi connectivity index (χ3v) is 5.10. The van der Waals surface area contributed by atoms with Crippen LogP contribution in [0.3, 0.4) is 0 Å². The molecule has 0 radical (unpaired) electrons. The van der Waals surface area contributed by atoms with Crippen LogP contribution >= 0.6 is 11.8 Å². The lowest BCUT2D eigenvalue weighted by Gasteiger charge is -2.31. The second kappa shape index (κ2) is 5.95. The Morgan fingerprint density at radius 2 is 2.22 bits per heavy atom. The highest BCUT2D eigenvalue weighted by atomic mass is 32.2. The Hall–Kier alpha value is -0.710. The van der Waals surface area contributed by atoms with Crippen molar-refractivity contribution in [3.05, 3.63) is 0 Å². The topological polar surface area (TPSA) is 53.5 Å². The summed E-state index contributed by atoms with van der Waals surface area (Å²) in [7, 11) is 0. The predicted octanol–water partition coefficient (Wildman–Crippen LogP) is 1.76. The molecule has 1 aliphatic heterocycles. The SMILES string of the molecule is CCNC(=O)C(C)NC1=NCC2(CCCC2)CS1. The first-order chi connectivity index (χ1) is 8.65. The molecule has 1 unspecified atom stereocenters. The maximum Gasteiger partial charge on any atom is 0.242 e. The Morgan fingerprint density at radius 3 is 2.78 bits per heavy atom. The average Bonchev–Trinajstić information content (AvgIpc) is 2.81. The lowest BCUT2D eigenvalue weighted by molar-refractivity contribution is -0.122. The largest absolute Gasteiger partial charge is 0.355 e. The van der Waals surface area contributed by atoms with E-state index < -0.39 is 0 Å². The fourth-order valence-corrected chi connectivity index (χ4v) is 3.88. The fourth-order valence-electron chi connectivity index (χ4n) is 2.65. The van der Waals surface area contributed by atoms with E-state index in [2.05, 4.69) is 15.6 Å². The number of nitrogens with one attached hydrogen (secondary N) is 2. The molecule has 102 valence electrons. The molecule has 2 N–H and O–H groups in total. The summed E-state index contributed by atoms with van der Waals surface area (Å²) in [5.74, 6) is 1.20. The van der Waals surface area contributed by atoms with Crippen LogP contribution < -0.4 is 10.6 Å². The zero-order valence-corrected chi connectivity index (χ0v) is 12.1. The van der Waals surface area contributed by atoms with Crippen molar-refractivity contribution in [1.29, 1.82) is 0 Å². The van der Waals surface area contributed by atoms with Gasteiger partial charge in [-0.05, 0) is 32.1 Å². The van der Waals surface area contributed by atoms with Crippen LogP contribution in [0.25, 0.3) is 0 Å². The lowest BCUT2D eigenvalue weighted by Crippen LogP contribution is -2.45. The first-order valence-electron chi connectivity index (χ1n) is 6.87. The van der Waals surface area contributed by atoms with Crippen LogP contribution in [0, 0.1) is 5.41 Å². The summed E-state index contributed by atoms with van der Waals surface area (Å²) < 4.78 is 0. The van der Waals surface area contributed by atoms with Crippen molar-refractivity contribution in [2.24, 2.45) is 10.4 Å². The van der Waals surface area contributed by atoms with Gasteiger partial charge >= 0.3 is 0 Å². The molecule has 1 fully saturated rings. The monoisotopic (exact) mass is 269 g/mol. The minimum Gasteiger partial charge on any atom is -0.355 e. The van der Waals surface area contributed by atoms with E-state index in [0.717, 1.165) is 17.5 Å². The first-order valence-corrected chi connectivity index (χ1v) is 7.85. The maximum atomic E-state index is 11.6. The molecule has 1 heterocycles. The van der Waals surface area contributed by atoms with Gasteiger partial charge in [0.05, 0.1) is 0 Å². The van der Waals surface area contributed by atoms with E-state index in [9.17, 15) is 4.79 Å². The Morgan fingerprint density at radius 1 is 1.50 bits per heavy atom. The summed E-state index contributed by atoms with van der Waals surface area (Å²) in [5.41, 5.74) is 0.463. The highest BCUT2D eigenvalue weighted by molar-refractivity contribution is 8.13. The number of thioether (sulfide) groups is 1. The van der Waals surface area contributed by atoms with Crippen molar-refractivity contribution in [3.63, 3.8) is 0 Å². The van der Waals surface area contributed by atoms with Gasteiger partial charge in [-0.2, -0.15) is 0 Å². The second-order valence-corrected chi connectivity index (χ2v) is 6.34. The van der Waals surface area contributed by atoms with E-state index in [1.54, 1.807) is 11.8 Å². The normalized spacial score (nSPS) is 23.6. The Labute approximate surface area is 113 Å². The quantitative estimate of drug-likeness (QED) is 0.821. The molecule has 0 aromatic heterocycles. The number of amides is 1. The molecule has 0 saturated heterocycles. The maximum absolute atomic E-state index is 11.6. The van der Waals surface area contributed by atoms with Gasteiger partial charge < -0.3 is 10.6 Å². The van der Waals surface area contributed by atoms with Crippen molar-refractivity contribution < 1.29 is 4.79 Å². The Balaban J connectivity index is 1.84. The Bertz CT molecular complexity index is 337. The zero-order chi connectivity index (χ0) is 13.0. The van der Waals surface area contributed by atoms with Crippen LogP contribution in [-0.2, 0) is 4.79 Å². The highest BCUT2D eigenvalue weighted by Gasteiger charge is 2.36. The summed E-state index contributed by atoms with van der Waals surface area (Å²) in [6, 6.07) is -0.200. The molecule has 5 heteroatoms. The van der Waals surface area contributed by atoms with Crippen LogP contribution in [0.4, 0.5) is 0 Å². The summed E-state index contributed by atoms with van der Waals surface area (Å²) >= 11 is 1.78. The molecule has 2 rings (SSSR count). The van der Waals surface area contributed by atoms with Gasteiger partial charge in [-0.3, -0.25) is 9.79 Å². The summed E-state index contributed by atoms with van der Waals surface area (Å²) in [6.45, 7) is 5.42. The number of hydrogen-bond donors (Lipinski definition) is 2. The minimum atomic E-state index is -0.200. The highest BCUT2D eigenvalue weighted by Crippen LogP contribution is 2.43. The summed E-state index contributed by atoms with van der Waals surface area (Å²) in [4.78, 5) is 16.3. The van der Waals surface area contributed by atoms with Crippen molar-refractivity contribution in [2.45, 2.75) is 45.6 Å². The van der Waals surface area contributed by atoms with Gasteiger partial charge in [0, 0.05) is 18.8 Å². The number of nitrogens with zero attached hydrogens (tertiary/aromatic N) is 1. The molecule has 1 atom stereocenters. The van der Waals surface area contributed by atoms with Gasteiger partial charge in [0.2, 0.25) is 5.91 Å². The van der Waals surface area contributed by atoms with Crippen molar-refractivity contribution in [1.82, 2.24) is 10.6 Å². The third-order valence-electron chi connectivity index (χ3n) is 3.82. The molecule has 0 bridgehead atoms. The van der Waals surface area contributed by atoms with Crippen LogP contribution in [0.15, 0.2) is 4.99 Å². The Kier molecular flexibility index (Phi) is 4.54. The molecule has 18 heavy (non-hydrogen) atoms. The van der Waals surface area contributed by atoms with Gasteiger partial charge in [0.25, 0.3) is 0 Å². The fraction of sp³-hybridized carbons (Fsp3) is 0.846. The van der Waals surface area contributed by atoms with Gasteiger partial charge in [-0.1, -0.05) is 24.6 Å². The molecule has 1 amide bonds. The first kappa shape index (κ1) is 13.7. The molecule has 1 aliphatic carbocycles. The van der Waals surface area contributed by atoms with E-state index in [1.807, 2.05) is 13.8 Å². The zero-order valence-electron chi connectivity index (χ0n) is 11.3. The van der Waals surface area contributed by atoms with Crippen LogP contribution in [0.1, 0.15) is 39.5 Å². The number of rotatable bonds is 3. The molecule has 1 saturated carbocycles. The van der Waals surface area contributed by atoms with Crippen LogP contribution in [0.5, 0.6) is 0 Å². The third kappa shape index (κ3) is 3.19. The van der Waals surface area contributed by atoms with Crippen molar-refractivity contribution in [2.75, 3.05) is 18.8 Å². The lowest BCUT2D eigenvalue weighted by atomic mass is 9.89. The van der Waals surface area contributed by atoms with Crippen molar-refractivity contribution >= 4 is 22.8 Å². The predicted molar refractivity (Wildman–Crippen MR) is 76.9 cm³/mol. The average molecular weight is 269 g/mol. The number of hydrogen-bond acceptors (Lipinski definition) is 4. The number of likely N-dealkylation sites (N-methyl/N-ethyl adjacent to an activating group) is 1. The molecular weight excluding hydrogens is 246 g/mol. The summed E-state index contributed by atoms with van der Waals surface area (Å²) in [6.07, 6.45) is 5.35. The standard InChI is InChI=1S/C13H23N3OS/c1-3-14-11(17)10(2)16-12-15-8-13(9-18-12)6-4-5-7-13/h10H,3-9H2,1-2H3,(H,14,17)(H,15,16). The number of amidine groups is 1. The van der Waals surface area contributed by atoms with E-state index in [-0.39, 0.29) is 11.9 Å². The van der Waals surface area contributed by atoms with Crippen molar-refractivity contribution in [3.8, 4) is 0 Å². The molecule has 0 aromatic rings.